The molecule has 0 heterocycles. The lowest BCUT2D eigenvalue weighted by atomic mass is 9.78. The zero-order valence-corrected chi connectivity index (χ0v) is 10.5. The van der Waals surface area contributed by atoms with Crippen LogP contribution in [0.1, 0.15) is 46.5 Å². The standard InChI is InChI=1S/C12H24ClN/c1-10(2)8-14-12(9-13)6-4-11(3)5-7-12/h10-11,14H,4-9H2,1-3H3. The van der Waals surface area contributed by atoms with E-state index in [9.17, 15) is 0 Å². The van der Waals surface area contributed by atoms with Gasteiger partial charge in [0.25, 0.3) is 0 Å². The highest BCUT2D eigenvalue weighted by molar-refractivity contribution is 6.18. The molecule has 0 unspecified atom stereocenters. The number of nitrogens with one attached hydrogen (secondary N) is 1. The van der Waals surface area contributed by atoms with Crippen molar-refractivity contribution in [2.24, 2.45) is 11.8 Å². The molecule has 1 N–H and O–H groups in total. The molecule has 0 aromatic rings. The molecule has 0 amide bonds. The third-order valence-electron chi connectivity index (χ3n) is 3.37. The van der Waals surface area contributed by atoms with Crippen LogP contribution in [0.25, 0.3) is 0 Å². The predicted octanol–water partition coefficient (Wildman–Crippen LogP) is 3.42. The summed E-state index contributed by atoms with van der Waals surface area (Å²) in [5, 5.41) is 3.67. The molecule has 1 fully saturated rings. The van der Waals surface area contributed by atoms with Gasteiger partial charge in [-0.2, -0.15) is 0 Å². The predicted molar refractivity (Wildman–Crippen MR) is 63.9 cm³/mol. The monoisotopic (exact) mass is 217 g/mol. The van der Waals surface area contributed by atoms with E-state index in [0.717, 1.165) is 24.3 Å². The third kappa shape index (κ3) is 3.43. The number of hydrogen-bond acceptors (Lipinski definition) is 1. The van der Waals surface area contributed by atoms with E-state index in [0.29, 0.717) is 0 Å². The zero-order valence-electron chi connectivity index (χ0n) is 9.78. The van der Waals surface area contributed by atoms with Gasteiger partial charge in [0.1, 0.15) is 0 Å². The van der Waals surface area contributed by atoms with Crippen LogP contribution in [-0.4, -0.2) is 18.0 Å². The Balaban J connectivity index is 2.41. The minimum absolute atomic E-state index is 0.248. The van der Waals surface area contributed by atoms with Crippen molar-refractivity contribution >= 4 is 11.6 Å². The molecule has 0 atom stereocenters. The van der Waals surface area contributed by atoms with E-state index in [1.807, 2.05) is 0 Å². The highest BCUT2D eigenvalue weighted by Gasteiger charge is 2.32. The molecule has 0 bridgehead atoms. The molecule has 0 saturated heterocycles. The zero-order chi connectivity index (χ0) is 10.6. The van der Waals surface area contributed by atoms with Gasteiger partial charge in [-0.1, -0.05) is 20.8 Å². The van der Waals surface area contributed by atoms with Crippen LogP contribution in [0.15, 0.2) is 0 Å². The molecule has 84 valence electrons. The Morgan fingerprint density at radius 1 is 1.36 bits per heavy atom. The fraction of sp³-hybridized carbons (Fsp3) is 1.00. The summed E-state index contributed by atoms with van der Waals surface area (Å²) < 4.78 is 0. The summed E-state index contributed by atoms with van der Waals surface area (Å²) in [5.41, 5.74) is 0.248. The van der Waals surface area contributed by atoms with E-state index in [1.165, 1.54) is 25.7 Å². The summed E-state index contributed by atoms with van der Waals surface area (Å²) >= 11 is 6.11. The molecule has 1 saturated carbocycles. The first kappa shape index (κ1) is 12.3. The van der Waals surface area contributed by atoms with E-state index in [-0.39, 0.29) is 5.54 Å². The van der Waals surface area contributed by atoms with E-state index in [2.05, 4.69) is 26.1 Å². The van der Waals surface area contributed by atoms with Crippen molar-refractivity contribution in [1.29, 1.82) is 0 Å². The van der Waals surface area contributed by atoms with Gasteiger partial charge in [-0.3, -0.25) is 0 Å². The molecular weight excluding hydrogens is 194 g/mol. The van der Waals surface area contributed by atoms with E-state index in [4.69, 9.17) is 11.6 Å². The van der Waals surface area contributed by atoms with Gasteiger partial charge in [-0.15, -0.1) is 11.6 Å². The Hall–Kier alpha value is 0.250. The fourth-order valence-electron chi connectivity index (χ4n) is 2.09. The first-order valence-electron chi connectivity index (χ1n) is 5.89. The third-order valence-corrected chi connectivity index (χ3v) is 3.88. The summed E-state index contributed by atoms with van der Waals surface area (Å²) in [6.45, 7) is 7.95. The van der Waals surface area contributed by atoms with Gasteiger partial charge in [0, 0.05) is 11.4 Å². The molecule has 1 nitrogen and oxygen atoms in total. The van der Waals surface area contributed by atoms with Crippen molar-refractivity contribution in [3.8, 4) is 0 Å². The molecule has 0 aromatic heterocycles. The van der Waals surface area contributed by atoms with Crippen LogP contribution in [0.2, 0.25) is 0 Å². The lowest BCUT2D eigenvalue weighted by Crippen LogP contribution is -2.50. The lowest BCUT2D eigenvalue weighted by Gasteiger charge is -2.39. The molecule has 0 aromatic carbocycles. The normalized spacial score (nSPS) is 33.6. The average molecular weight is 218 g/mol. The van der Waals surface area contributed by atoms with Crippen LogP contribution in [0.5, 0.6) is 0 Å². The first-order valence-corrected chi connectivity index (χ1v) is 6.42. The molecule has 0 radical (unpaired) electrons. The minimum Gasteiger partial charge on any atom is -0.310 e. The molecule has 1 aliphatic carbocycles. The quantitative estimate of drug-likeness (QED) is 0.712. The average Bonchev–Trinajstić information content (AvgIpc) is 2.18. The van der Waals surface area contributed by atoms with Crippen molar-refractivity contribution in [3.63, 3.8) is 0 Å². The van der Waals surface area contributed by atoms with Crippen molar-refractivity contribution in [2.75, 3.05) is 12.4 Å². The summed E-state index contributed by atoms with van der Waals surface area (Å²) in [7, 11) is 0. The van der Waals surface area contributed by atoms with Crippen molar-refractivity contribution in [2.45, 2.75) is 52.0 Å². The maximum atomic E-state index is 6.11. The second kappa shape index (κ2) is 5.37. The largest absolute Gasteiger partial charge is 0.310 e. The van der Waals surface area contributed by atoms with Gasteiger partial charge in [-0.25, -0.2) is 0 Å². The van der Waals surface area contributed by atoms with E-state index < -0.39 is 0 Å². The Kier molecular flexibility index (Phi) is 4.72. The van der Waals surface area contributed by atoms with Crippen LogP contribution in [-0.2, 0) is 0 Å². The van der Waals surface area contributed by atoms with Gasteiger partial charge in [0.15, 0.2) is 0 Å². The Morgan fingerprint density at radius 3 is 2.36 bits per heavy atom. The van der Waals surface area contributed by atoms with Gasteiger partial charge < -0.3 is 5.32 Å². The molecule has 0 aliphatic heterocycles. The van der Waals surface area contributed by atoms with E-state index in [1.54, 1.807) is 0 Å². The topological polar surface area (TPSA) is 12.0 Å². The summed E-state index contributed by atoms with van der Waals surface area (Å²) in [4.78, 5) is 0. The highest BCUT2D eigenvalue weighted by Crippen LogP contribution is 2.32. The molecule has 0 spiro atoms. The number of rotatable bonds is 4. The SMILES string of the molecule is CC(C)CNC1(CCl)CCC(C)CC1. The fourth-order valence-corrected chi connectivity index (χ4v) is 2.45. The van der Waals surface area contributed by atoms with Crippen molar-refractivity contribution in [1.82, 2.24) is 5.32 Å². The van der Waals surface area contributed by atoms with Crippen molar-refractivity contribution < 1.29 is 0 Å². The molecule has 2 heteroatoms. The van der Waals surface area contributed by atoms with Gasteiger partial charge in [0.05, 0.1) is 0 Å². The number of halogens is 1. The van der Waals surface area contributed by atoms with Crippen LogP contribution in [0.3, 0.4) is 0 Å². The summed E-state index contributed by atoms with van der Waals surface area (Å²) in [6, 6.07) is 0. The molecule has 1 aliphatic rings. The number of hydrogen-bond donors (Lipinski definition) is 1. The van der Waals surface area contributed by atoms with Gasteiger partial charge in [-0.05, 0) is 44.1 Å². The number of alkyl halides is 1. The highest BCUT2D eigenvalue weighted by atomic mass is 35.5. The molecular formula is C12H24ClN. The first-order chi connectivity index (χ1) is 6.58. The minimum atomic E-state index is 0.248. The van der Waals surface area contributed by atoms with Crippen LogP contribution in [0, 0.1) is 11.8 Å². The second-order valence-electron chi connectivity index (χ2n) is 5.37. The van der Waals surface area contributed by atoms with Crippen LogP contribution < -0.4 is 5.32 Å². The Bertz CT molecular complexity index is 160. The maximum absolute atomic E-state index is 6.11. The Morgan fingerprint density at radius 2 is 1.93 bits per heavy atom. The summed E-state index contributed by atoms with van der Waals surface area (Å²) in [6.07, 6.45) is 5.17. The molecule has 1 rings (SSSR count). The van der Waals surface area contributed by atoms with Crippen LogP contribution >= 0.6 is 11.6 Å². The molecule has 14 heavy (non-hydrogen) atoms. The Labute approximate surface area is 93.6 Å². The van der Waals surface area contributed by atoms with Gasteiger partial charge in [0.2, 0.25) is 0 Å². The van der Waals surface area contributed by atoms with Gasteiger partial charge >= 0.3 is 0 Å². The second-order valence-corrected chi connectivity index (χ2v) is 5.64. The van der Waals surface area contributed by atoms with Crippen LogP contribution in [0.4, 0.5) is 0 Å². The van der Waals surface area contributed by atoms with Crippen molar-refractivity contribution in [3.05, 3.63) is 0 Å². The summed E-state index contributed by atoms with van der Waals surface area (Å²) in [5.74, 6) is 2.38. The van der Waals surface area contributed by atoms with E-state index >= 15 is 0 Å². The smallest absolute Gasteiger partial charge is 0.0406 e. The lowest BCUT2D eigenvalue weighted by molar-refractivity contribution is 0.211. The maximum Gasteiger partial charge on any atom is 0.0406 e.